The average molecular weight is 204 g/mol. The minimum absolute atomic E-state index is 0.145. The highest BCUT2D eigenvalue weighted by Gasteiger charge is 1.99. The van der Waals surface area contributed by atoms with Gasteiger partial charge in [0.05, 0.1) is 5.56 Å². The average Bonchev–Trinajstić information content (AvgIpc) is 2.25. The fraction of sp³-hybridized carbons (Fsp3) is 0.250. The first-order chi connectivity index (χ1) is 7.24. The summed E-state index contributed by atoms with van der Waals surface area (Å²) in [6.07, 6.45) is 1.32. The van der Waals surface area contributed by atoms with Crippen LogP contribution in [0.25, 0.3) is 0 Å². The Hall–Kier alpha value is -1.79. The molecule has 1 aromatic carbocycles. The van der Waals surface area contributed by atoms with Crippen molar-refractivity contribution >= 4 is 5.97 Å². The fourth-order valence-corrected chi connectivity index (χ4v) is 1.03. The molecule has 2 N–H and O–H groups in total. The van der Waals surface area contributed by atoms with Crippen molar-refractivity contribution < 1.29 is 15.0 Å². The van der Waals surface area contributed by atoms with Gasteiger partial charge >= 0.3 is 5.97 Å². The van der Waals surface area contributed by atoms with E-state index in [0.717, 1.165) is 5.56 Å². The molecule has 0 saturated heterocycles. The Kier molecular flexibility index (Phi) is 4.39. The van der Waals surface area contributed by atoms with E-state index in [1.54, 1.807) is 12.1 Å². The smallest absolute Gasteiger partial charge is 0.335 e. The monoisotopic (exact) mass is 204 g/mol. The maximum atomic E-state index is 10.5. The molecule has 15 heavy (non-hydrogen) atoms. The van der Waals surface area contributed by atoms with Crippen LogP contribution < -0.4 is 0 Å². The number of aliphatic hydroxyl groups excluding tert-OH is 1. The molecule has 0 aliphatic heterocycles. The van der Waals surface area contributed by atoms with Gasteiger partial charge in [0.2, 0.25) is 0 Å². The van der Waals surface area contributed by atoms with Crippen molar-refractivity contribution in [3.8, 4) is 11.8 Å². The van der Waals surface area contributed by atoms with Gasteiger partial charge in [-0.1, -0.05) is 11.8 Å². The number of benzene rings is 1. The first kappa shape index (κ1) is 11.3. The van der Waals surface area contributed by atoms with E-state index in [2.05, 4.69) is 11.8 Å². The zero-order valence-electron chi connectivity index (χ0n) is 8.23. The highest BCUT2D eigenvalue weighted by molar-refractivity contribution is 5.87. The van der Waals surface area contributed by atoms with Gasteiger partial charge in [0, 0.05) is 18.6 Å². The van der Waals surface area contributed by atoms with Gasteiger partial charge in [0.25, 0.3) is 0 Å². The molecule has 0 spiro atoms. The van der Waals surface area contributed by atoms with Gasteiger partial charge in [0.1, 0.15) is 0 Å². The van der Waals surface area contributed by atoms with Crippen LogP contribution in [0.5, 0.6) is 0 Å². The number of aliphatic hydroxyl groups is 1. The standard InChI is InChI=1S/C12H12O3/c13-9-3-1-2-4-10-5-7-11(8-6-10)12(14)15/h5-8,13H,1,3,9H2,(H,14,15). The van der Waals surface area contributed by atoms with Crippen LogP contribution in [-0.2, 0) is 0 Å². The molecule has 0 aliphatic carbocycles. The molecule has 0 aliphatic rings. The van der Waals surface area contributed by atoms with Crippen molar-refractivity contribution in [1.29, 1.82) is 0 Å². The number of carboxylic acids is 1. The van der Waals surface area contributed by atoms with Crippen LogP contribution in [0, 0.1) is 11.8 Å². The molecule has 1 aromatic rings. The summed E-state index contributed by atoms with van der Waals surface area (Å²) >= 11 is 0. The van der Waals surface area contributed by atoms with E-state index in [0.29, 0.717) is 12.8 Å². The van der Waals surface area contributed by atoms with Crippen molar-refractivity contribution in [3.05, 3.63) is 35.4 Å². The minimum atomic E-state index is -0.935. The predicted molar refractivity (Wildman–Crippen MR) is 56.6 cm³/mol. The number of unbranched alkanes of at least 4 members (excludes halogenated alkanes) is 1. The van der Waals surface area contributed by atoms with Crippen LogP contribution in [0.4, 0.5) is 0 Å². The van der Waals surface area contributed by atoms with Gasteiger partial charge in [0.15, 0.2) is 0 Å². The molecule has 0 radical (unpaired) electrons. The third-order valence-corrected chi connectivity index (χ3v) is 1.82. The third-order valence-electron chi connectivity index (χ3n) is 1.82. The van der Waals surface area contributed by atoms with Crippen LogP contribution in [0.3, 0.4) is 0 Å². The van der Waals surface area contributed by atoms with Gasteiger partial charge in [-0.25, -0.2) is 4.79 Å². The second kappa shape index (κ2) is 5.84. The highest BCUT2D eigenvalue weighted by Crippen LogP contribution is 2.03. The summed E-state index contributed by atoms with van der Waals surface area (Å²) in [7, 11) is 0. The third kappa shape index (κ3) is 3.84. The SMILES string of the molecule is O=C(O)c1ccc(C#CCCCO)cc1. The summed E-state index contributed by atoms with van der Waals surface area (Å²) in [5.41, 5.74) is 1.05. The lowest BCUT2D eigenvalue weighted by molar-refractivity contribution is 0.0697. The quantitative estimate of drug-likeness (QED) is 0.579. The van der Waals surface area contributed by atoms with Crippen LogP contribution in [0.2, 0.25) is 0 Å². The first-order valence-electron chi connectivity index (χ1n) is 4.67. The number of aromatic carboxylic acids is 1. The van der Waals surface area contributed by atoms with Crippen LogP contribution in [0.15, 0.2) is 24.3 Å². The lowest BCUT2D eigenvalue weighted by Gasteiger charge is -1.93. The van der Waals surface area contributed by atoms with Gasteiger partial charge in [-0.2, -0.15) is 0 Å². The molecule has 3 nitrogen and oxygen atoms in total. The number of carbonyl (C=O) groups is 1. The molecule has 0 atom stereocenters. The number of rotatable bonds is 3. The van der Waals surface area contributed by atoms with Crippen molar-refractivity contribution in [3.63, 3.8) is 0 Å². The van der Waals surface area contributed by atoms with Gasteiger partial charge < -0.3 is 10.2 Å². The molecule has 0 amide bonds. The number of hydrogen-bond acceptors (Lipinski definition) is 2. The lowest BCUT2D eigenvalue weighted by Crippen LogP contribution is -1.94. The number of carboxylic acid groups (broad SMARTS) is 1. The molecule has 1 rings (SSSR count). The molecule has 0 unspecified atom stereocenters. The zero-order valence-corrected chi connectivity index (χ0v) is 8.23. The maximum absolute atomic E-state index is 10.5. The topological polar surface area (TPSA) is 57.5 Å². The van der Waals surface area contributed by atoms with Gasteiger partial charge in [-0.05, 0) is 30.7 Å². The summed E-state index contributed by atoms with van der Waals surface area (Å²) in [6.45, 7) is 0.145. The molecular weight excluding hydrogens is 192 g/mol. The molecule has 0 saturated carbocycles. The molecular formula is C12H12O3. The number of hydrogen-bond donors (Lipinski definition) is 2. The molecule has 0 fully saturated rings. The van der Waals surface area contributed by atoms with E-state index in [1.165, 1.54) is 12.1 Å². The summed E-state index contributed by atoms with van der Waals surface area (Å²) in [5.74, 6) is 4.85. The molecule has 0 bridgehead atoms. The van der Waals surface area contributed by atoms with Crippen molar-refractivity contribution in [1.82, 2.24) is 0 Å². The van der Waals surface area contributed by atoms with Crippen molar-refractivity contribution in [2.24, 2.45) is 0 Å². The largest absolute Gasteiger partial charge is 0.478 e. The Morgan fingerprint density at radius 1 is 1.27 bits per heavy atom. The maximum Gasteiger partial charge on any atom is 0.335 e. The predicted octanol–water partition coefficient (Wildman–Crippen LogP) is 1.51. The van der Waals surface area contributed by atoms with E-state index in [9.17, 15) is 4.79 Å². The molecule has 0 aromatic heterocycles. The van der Waals surface area contributed by atoms with E-state index in [1.807, 2.05) is 0 Å². The van der Waals surface area contributed by atoms with Crippen molar-refractivity contribution in [2.75, 3.05) is 6.61 Å². The highest BCUT2D eigenvalue weighted by atomic mass is 16.4. The molecule has 78 valence electrons. The van der Waals surface area contributed by atoms with E-state index >= 15 is 0 Å². The Morgan fingerprint density at radius 2 is 1.93 bits per heavy atom. The summed E-state index contributed by atoms with van der Waals surface area (Å²) < 4.78 is 0. The molecule has 3 heteroatoms. The summed E-state index contributed by atoms with van der Waals surface area (Å²) in [6, 6.07) is 6.40. The summed E-state index contributed by atoms with van der Waals surface area (Å²) in [5, 5.41) is 17.2. The zero-order chi connectivity index (χ0) is 11.1. The van der Waals surface area contributed by atoms with Crippen molar-refractivity contribution in [2.45, 2.75) is 12.8 Å². The fourth-order valence-electron chi connectivity index (χ4n) is 1.03. The normalized spacial score (nSPS) is 9.13. The van der Waals surface area contributed by atoms with Crippen LogP contribution >= 0.6 is 0 Å². The second-order valence-electron chi connectivity index (χ2n) is 3.01. The van der Waals surface area contributed by atoms with E-state index < -0.39 is 5.97 Å². The summed E-state index contributed by atoms with van der Waals surface area (Å²) in [4.78, 5) is 10.5. The Morgan fingerprint density at radius 3 is 2.47 bits per heavy atom. The lowest BCUT2D eigenvalue weighted by atomic mass is 10.1. The Labute approximate surface area is 88.4 Å². The van der Waals surface area contributed by atoms with Crippen LogP contribution in [-0.4, -0.2) is 22.8 Å². The minimum Gasteiger partial charge on any atom is -0.478 e. The van der Waals surface area contributed by atoms with E-state index in [4.69, 9.17) is 10.2 Å². The Bertz CT molecular complexity index is 382. The van der Waals surface area contributed by atoms with E-state index in [-0.39, 0.29) is 12.2 Å². The van der Waals surface area contributed by atoms with Crippen LogP contribution in [0.1, 0.15) is 28.8 Å². The Balaban J connectivity index is 2.63. The molecule has 0 heterocycles. The van der Waals surface area contributed by atoms with Gasteiger partial charge in [-0.3, -0.25) is 0 Å². The first-order valence-corrected chi connectivity index (χ1v) is 4.67. The van der Waals surface area contributed by atoms with Gasteiger partial charge in [-0.15, -0.1) is 0 Å². The second-order valence-corrected chi connectivity index (χ2v) is 3.01.